The van der Waals surface area contributed by atoms with E-state index in [2.05, 4.69) is 34.7 Å². The molecule has 30 heavy (non-hydrogen) atoms. The zero-order chi connectivity index (χ0) is 21.3. The number of sulfonamides is 1. The fraction of sp³-hybridized carbons (Fsp3) is 0.522. The van der Waals surface area contributed by atoms with Crippen LogP contribution in [0.25, 0.3) is 11.1 Å². The predicted molar refractivity (Wildman–Crippen MR) is 121 cm³/mol. The summed E-state index contributed by atoms with van der Waals surface area (Å²) in [5, 5.41) is 0. The number of nitrogens with zero attached hydrogens (tertiary/aromatic N) is 4. The van der Waals surface area contributed by atoms with Gasteiger partial charge in [-0.1, -0.05) is 12.1 Å². The summed E-state index contributed by atoms with van der Waals surface area (Å²) >= 11 is 0. The zero-order valence-corrected chi connectivity index (χ0v) is 19.0. The first-order valence-corrected chi connectivity index (χ1v) is 12.4. The van der Waals surface area contributed by atoms with Crippen molar-refractivity contribution in [2.45, 2.75) is 50.6 Å². The first-order valence-electron chi connectivity index (χ1n) is 10.9. The van der Waals surface area contributed by atoms with Crippen molar-refractivity contribution < 1.29 is 8.42 Å². The Kier molecular flexibility index (Phi) is 6.14. The van der Waals surface area contributed by atoms with Gasteiger partial charge in [0.05, 0.1) is 4.90 Å². The summed E-state index contributed by atoms with van der Waals surface area (Å²) in [4.78, 5) is 9.87. The van der Waals surface area contributed by atoms with Crippen molar-refractivity contribution in [2.24, 2.45) is 0 Å². The van der Waals surface area contributed by atoms with Crippen molar-refractivity contribution in [1.82, 2.24) is 14.2 Å². The van der Waals surface area contributed by atoms with Crippen molar-refractivity contribution in [3.63, 3.8) is 0 Å². The molecule has 0 amide bonds. The molecule has 0 radical (unpaired) electrons. The number of benzene rings is 1. The lowest BCUT2D eigenvalue weighted by Crippen LogP contribution is -2.49. The number of hydrogen-bond acceptors (Lipinski definition) is 5. The third-order valence-electron chi connectivity index (χ3n) is 6.39. The van der Waals surface area contributed by atoms with Gasteiger partial charge in [0.25, 0.3) is 0 Å². The molecule has 0 spiro atoms. The Morgan fingerprint density at radius 3 is 2.30 bits per heavy atom. The molecule has 0 bridgehead atoms. The molecule has 0 unspecified atom stereocenters. The molecule has 1 aromatic carbocycles. The minimum atomic E-state index is -3.43. The number of rotatable bonds is 5. The highest BCUT2D eigenvalue weighted by Gasteiger charge is 2.32. The monoisotopic (exact) mass is 428 g/mol. The van der Waals surface area contributed by atoms with Crippen LogP contribution in [0.1, 0.15) is 33.6 Å². The van der Waals surface area contributed by atoms with Crippen LogP contribution in [0.2, 0.25) is 0 Å². The maximum atomic E-state index is 13.0. The highest BCUT2D eigenvalue weighted by molar-refractivity contribution is 7.89. The SMILES string of the molecule is CC(C)N1CCN(c2ncccc2-c2ccc(S(=O)(=O)N3CCC[C@@H]3C)cc2)CC1. The summed E-state index contributed by atoms with van der Waals surface area (Å²) in [6.07, 6.45) is 3.70. The van der Waals surface area contributed by atoms with Gasteiger partial charge >= 0.3 is 0 Å². The number of hydrogen-bond donors (Lipinski definition) is 0. The van der Waals surface area contributed by atoms with Crippen molar-refractivity contribution in [3.05, 3.63) is 42.6 Å². The van der Waals surface area contributed by atoms with E-state index < -0.39 is 10.0 Å². The number of aromatic nitrogens is 1. The van der Waals surface area contributed by atoms with E-state index in [1.165, 1.54) is 0 Å². The third kappa shape index (κ3) is 4.11. The van der Waals surface area contributed by atoms with Gasteiger partial charge in [-0.25, -0.2) is 13.4 Å². The van der Waals surface area contributed by atoms with Crippen LogP contribution in [0, 0.1) is 0 Å². The minimum Gasteiger partial charge on any atom is -0.354 e. The molecule has 1 atom stereocenters. The van der Waals surface area contributed by atoms with Crippen LogP contribution in [-0.4, -0.2) is 67.4 Å². The highest BCUT2D eigenvalue weighted by Crippen LogP contribution is 2.32. The molecule has 2 fully saturated rings. The first kappa shape index (κ1) is 21.3. The van der Waals surface area contributed by atoms with E-state index in [-0.39, 0.29) is 6.04 Å². The third-order valence-corrected chi connectivity index (χ3v) is 8.42. The van der Waals surface area contributed by atoms with E-state index in [1.807, 2.05) is 31.3 Å². The highest BCUT2D eigenvalue weighted by atomic mass is 32.2. The Balaban J connectivity index is 1.57. The molecule has 6 nitrogen and oxygen atoms in total. The van der Waals surface area contributed by atoms with Gasteiger partial charge in [-0.15, -0.1) is 0 Å². The van der Waals surface area contributed by atoms with E-state index in [1.54, 1.807) is 16.4 Å². The molecule has 3 heterocycles. The molecule has 0 saturated carbocycles. The van der Waals surface area contributed by atoms with E-state index in [9.17, 15) is 8.42 Å². The molecule has 2 aromatic rings. The Bertz CT molecular complexity index is 967. The van der Waals surface area contributed by atoms with Crippen LogP contribution in [0.3, 0.4) is 0 Å². The fourth-order valence-electron chi connectivity index (χ4n) is 4.53. The number of pyridine rings is 1. The van der Waals surface area contributed by atoms with Crippen LogP contribution in [-0.2, 0) is 10.0 Å². The zero-order valence-electron chi connectivity index (χ0n) is 18.2. The summed E-state index contributed by atoms with van der Waals surface area (Å²) in [5.41, 5.74) is 2.05. The molecule has 4 rings (SSSR count). The molecule has 1 aromatic heterocycles. The van der Waals surface area contributed by atoms with Crippen molar-refractivity contribution in [3.8, 4) is 11.1 Å². The predicted octanol–water partition coefficient (Wildman–Crippen LogP) is 3.45. The topological polar surface area (TPSA) is 56.8 Å². The lowest BCUT2D eigenvalue weighted by molar-refractivity contribution is 0.209. The van der Waals surface area contributed by atoms with Crippen molar-refractivity contribution in [1.29, 1.82) is 0 Å². The second kappa shape index (κ2) is 8.65. The average molecular weight is 429 g/mol. The van der Waals surface area contributed by atoms with Crippen LogP contribution in [0.5, 0.6) is 0 Å². The molecule has 0 N–H and O–H groups in total. The van der Waals surface area contributed by atoms with Crippen LogP contribution < -0.4 is 4.90 Å². The second-order valence-corrected chi connectivity index (χ2v) is 10.5. The lowest BCUT2D eigenvalue weighted by atomic mass is 10.1. The maximum absolute atomic E-state index is 13.0. The van der Waals surface area contributed by atoms with Gasteiger partial charge < -0.3 is 4.90 Å². The van der Waals surface area contributed by atoms with Gasteiger partial charge in [-0.2, -0.15) is 4.31 Å². The quantitative estimate of drug-likeness (QED) is 0.730. The summed E-state index contributed by atoms with van der Waals surface area (Å²) < 4.78 is 27.6. The first-order chi connectivity index (χ1) is 14.4. The van der Waals surface area contributed by atoms with Gasteiger partial charge in [0, 0.05) is 56.6 Å². The van der Waals surface area contributed by atoms with E-state index in [4.69, 9.17) is 0 Å². The Hall–Kier alpha value is -1.96. The molecule has 2 aliphatic rings. The summed E-state index contributed by atoms with van der Waals surface area (Å²) in [6, 6.07) is 12.0. The van der Waals surface area contributed by atoms with E-state index in [0.717, 1.165) is 56.0 Å². The van der Waals surface area contributed by atoms with Gasteiger partial charge in [-0.05, 0) is 63.4 Å². The Morgan fingerprint density at radius 1 is 1.00 bits per heavy atom. The molecule has 162 valence electrons. The standard InChI is InChI=1S/C23H32N4O2S/c1-18(2)25-14-16-26(17-15-25)23-22(7-4-12-24-23)20-8-10-21(11-9-20)30(28,29)27-13-5-6-19(27)3/h4,7-12,18-19H,5-6,13-17H2,1-3H3/t19-/m0/s1. The normalized spacial score (nSPS) is 21.5. The largest absolute Gasteiger partial charge is 0.354 e. The second-order valence-electron chi connectivity index (χ2n) is 8.62. The summed E-state index contributed by atoms with van der Waals surface area (Å²) in [6.45, 7) is 11.0. The van der Waals surface area contributed by atoms with Crippen LogP contribution >= 0.6 is 0 Å². The van der Waals surface area contributed by atoms with Crippen LogP contribution in [0.4, 0.5) is 5.82 Å². The summed E-state index contributed by atoms with van der Waals surface area (Å²) in [7, 11) is -3.43. The molecule has 2 aliphatic heterocycles. The fourth-order valence-corrected chi connectivity index (χ4v) is 6.23. The Labute approximate surface area is 180 Å². The van der Waals surface area contributed by atoms with E-state index in [0.29, 0.717) is 17.5 Å². The van der Waals surface area contributed by atoms with Crippen LogP contribution in [0.15, 0.2) is 47.5 Å². The van der Waals surface area contributed by atoms with Gasteiger partial charge in [0.1, 0.15) is 5.82 Å². The van der Waals surface area contributed by atoms with Crippen molar-refractivity contribution >= 4 is 15.8 Å². The van der Waals surface area contributed by atoms with E-state index >= 15 is 0 Å². The molecule has 7 heteroatoms. The number of anilines is 1. The Morgan fingerprint density at radius 2 is 1.70 bits per heavy atom. The van der Waals surface area contributed by atoms with Gasteiger partial charge in [0.15, 0.2) is 0 Å². The average Bonchev–Trinajstić information content (AvgIpc) is 3.21. The lowest BCUT2D eigenvalue weighted by Gasteiger charge is -2.38. The molecular formula is C23H32N4O2S. The molecule has 2 saturated heterocycles. The molecular weight excluding hydrogens is 396 g/mol. The maximum Gasteiger partial charge on any atom is 0.243 e. The van der Waals surface area contributed by atoms with Crippen molar-refractivity contribution in [2.75, 3.05) is 37.6 Å². The smallest absolute Gasteiger partial charge is 0.243 e. The summed E-state index contributed by atoms with van der Waals surface area (Å²) in [5.74, 6) is 0.977. The van der Waals surface area contributed by atoms with Gasteiger partial charge in [-0.3, -0.25) is 4.90 Å². The number of piperazine rings is 1. The van der Waals surface area contributed by atoms with Gasteiger partial charge in [0.2, 0.25) is 10.0 Å². The minimum absolute atomic E-state index is 0.0732. The molecule has 0 aliphatic carbocycles.